The molecular weight excluding hydrogens is 222 g/mol. The molecule has 0 bridgehead atoms. The summed E-state index contributed by atoms with van der Waals surface area (Å²) >= 11 is 0. The molecule has 1 aliphatic heterocycles. The van der Waals surface area contributed by atoms with Crippen LogP contribution in [0.4, 0.5) is 0 Å². The van der Waals surface area contributed by atoms with E-state index in [1.807, 2.05) is 30.5 Å². The maximum atomic E-state index is 5.35. The Bertz CT molecular complexity index is 569. The van der Waals surface area contributed by atoms with Gasteiger partial charge in [0.25, 0.3) is 0 Å². The predicted molar refractivity (Wildman–Crippen MR) is 71.9 cm³/mol. The number of nitrogens with zero attached hydrogens (tertiary/aromatic N) is 1. The van der Waals surface area contributed by atoms with Crippen molar-refractivity contribution in [1.29, 1.82) is 0 Å². The molecule has 1 atom stereocenters. The minimum atomic E-state index is 0.378. The van der Waals surface area contributed by atoms with Crippen LogP contribution in [0.3, 0.4) is 0 Å². The van der Waals surface area contributed by atoms with Gasteiger partial charge in [-0.15, -0.1) is 6.42 Å². The van der Waals surface area contributed by atoms with Crippen LogP contribution in [-0.4, -0.2) is 16.5 Å². The van der Waals surface area contributed by atoms with Crippen LogP contribution in [0.15, 0.2) is 30.5 Å². The molecule has 1 saturated heterocycles. The van der Waals surface area contributed by atoms with Gasteiger partial charge in [-0.1, -0.05) is 18.1 Å². The minimum absolute atomic E-state index is 0.378. The summed E-state index contributed by atoms with van der Waals surface area (Å²) in [6, 6.07) is 8.32. The third-order valence-electron chi connectivity index (χ3n) is 3.35. The van der Waals surface area contributed by atoms with Crippen molar-refractivity contribution in [3.8, 4) is 23.6 Å². The second kappa shape index (κ2) is 4.67. The quantitative estimate of drug-likeness (QED) is 0.788. The Hall–Kier alpha value is -2.05. The molecule has 1 aliphatic rings. The maximum Gasteiger partial charge on any atom is 0.123 e. The van der Waals surface area contributed by atoms with Crippen LogP contribution in [0.2, 0.25) is 0 Å². The molecule has 3 heteroatoms. The number of benzene rings is 1. The summed E-state index contributed by atoms with van der Waals surface area (Å²) in [5, 5.41) is 3.44. The van der Waals surface area contributed by atoms with Crippen molar-refractivity contribution in [1.82, 2.24) is 15.3 Å². The van der Waals surface area contributed by atoms with E-state index in [2.05, 4.69) is 21.2 Å². The monoisotopic (exact) mass is 237 g/mol. The van der Waals surface area contributed by atoms with Crippen LogP contribution in [-0.2, 0) is 0 Å². The Labute approximate surface area is 107 Å². The Morgan fingerprint density at radius 1 is 1.28 bits per heavy atom. The highest BCUT2D eigenvalue weighted by molar-refractivity contribution is 5.59. The summed E-state index contributed by atoms with van der Waals surface area (Å²) in [5.74, 6) is 3.65. The lowest BCUT2D eigenvalue weighted by Gasteiger charge is -2.05. The number of nitrogens with one attached hydrogen (secondary N) is 2. The van der Waals surface area contributed by atoms with Crippen molar-refractivity contribution < 1.29 is 0 Å². The number of terminal acetylenes is 1. The van der Waals surface area contributed by atoms with Crippen LogP contribution in [0, 0.1) is 12.3 Å². The highest BCUT2D eigenvalue weighted by atomic mass is 15.0. The van der Waals surface area contributed by atoms with Crippen LogP contribution in [0.5, 0.6) is 0 Å². The second-order valence-electron chi connectivity index (χ2n) is 4.55. The largest absolute Gasteiger partial charge is 0.341 e. The van der Waals surface area contributed by atoms with Crippen molar-refractivity contribution in [2.45, 2.75) is 18.9 Å². The highest BCUT2D eigenvalue weighted by Crippen LogP contribution is 2.24. The maximum absolute atomic E-state index is 5.35. The van der Waals surface area contributed by atoms with E-state index in [0.717, 1.165) is 35.6 Å². The van der Waals surface area contributed by atoms with Gasteiger partial charge in [0.15, 0.2) is 0 Å². The number of aromatic amines is 1. The lowest BCUT2D eigenvalue weighted by atomic mass is 10.1. The molecule has 3 rings (SSSR count). The lowest BCUT2D eigenvalue weighted by Crippen LogP contribution is -2.14. The van der Waals surface area contributed by atoms with Gasteiger partial charge in [-0.25, -0.2) is 4.98 Å². The number of hydrogen-bond donors (Lipinski definition) is 2. The fourth-order valence-electron chi connectivity index (χ4n) is 2.32. The van der Waals surface area contributed by atoms with Gasteiger partial charge in [0.05, 0.1) is 17.9 Å². The van der Waals surface area contributed by atoms with Gasteiger partial charge in [-0.05, 0) is 37.1 Å². The molecule has 0 aliphatic carbocycles. The van der Waals surface area contributed by atoms with E-state index in [1.165, 1.54) is 6.42 Å². The Balaban J connectivity index is 1.85. The third-order valence-corrected chi connectivity index (χ3v) is 3.35. The van der Waals surface area contributed by atoms with E-state index < -0.39 is 0 Å². The number of rotatable bonds is 2. The number of H-pyrrole nitrogens is 1. The van der Waals surface area contributed by atoms with Crippen LogP contribution in [0.25, 0.3) is 11.3 Å². The molecule has 1 aromatic heterocycles. The molecule has 1 aromatic carbocycles. The zero-order chi connectivity index (χ0) is 12.4. The van der Waals surface area contributed by atoms with Gasteiger partial charge in [0.1, 0.15) is 5.82 Å². The zero-order valence-corrected chi connectivity index (χ0v) is 10.1. The van der Waals surface area contributed by atoms with Crippen molar-refractivity contribution in [2.75, 3.05) is 6.54 Å². The Morgan fingerprint density at radius 2 is 2.11 bits per heavy atom. The first-order valence-electron chi connectivity index (χ1n) is 6.22. The van der Waals surface area contributed by atoms with E-state index in [-0.39, 0.29) is 0 Å². The summed E-state index contributed by atoms with van der Waals surface area (Å²) in [6.45, 7) is 1.08. The van der Waals surface area contributed by atoms with Gasteiger partial charge in [-0.3, -0.25) is 0 Å². The van der Waals surface area contributed by atoms with Gasteiger partial charge in [0.2, 0.25) is 0 Å². The predicted octanol–water partition coefficient (Wildman–Crippen LogP) is 2.48. The lowest BCUT2D eigenvalue weighted by molar-refractivity contribution is 0.613. The SMILES string of the molecule is C#Cc1ccc(-c2cnc(C3CCCN3)[nH]2)cc1. The van der Waals surface area contributed by atoms with Gasteiger partial charge >= 0.3 is 0 Å². The number of imidazole rings is 1. The molecule has 0 saturated carbocycles. The molecule has 2 heterocycles. The van der Waals surface area contributed by atoms with E-state index in [1.54, 1.807) is 0 Å². The number of hydrogen-bond acceptors (Lipinski definition) is 2. The third kappa shape index (κ3) is 2.03. The first-order valence-corrected chi connectivity index (χ1v) is 6.22. The second-order valence-corrected chi connectivity index (χ2v) is 4.55. The van der Waals surface area contributed by atoms with Crippen molar-refractivity contribution in [3.05, 3.63) is 41.9 Å². The summed E-state index contributed by atoms with van der Waals surface area (Å²) in [7, 11) is 0. The molecule has 1 unspecified atom stereocenters. The zero-order valence-electron chi connectivity index (χ0n) is 10.1. The normalized spacial score (nSPS) is 18.7. The summed E-state index contributed by atoms with van der Waals surface area (Å²) in [5.41, 5.74) is 3.06. The molecule has 2 N–H and O–H groups in total. The summed E-state index contributed by atoms with van der Waals surface area (Å²) < 4.78 is 0. The molecule has 18 heavy (non-hydrogen) atoms. The molecule has 0 spiro atoms. The van der Waals surface area contributed by atoms with E-state index in [9.17, 15) is 0 Å². The molecule has 90 valence electrons. The molecule has 0 amide bonds. The molecule has 2 aromatic rings. The smallest absolute Gasteiger partial charge is 0.123 e. The molecule has 1 fully saturated rings. The van der Waals surface area contributed by atoms with Crippen molar-refractivity contribution in [2.24, 2.45) is 0 Å². The van der Waals surface area contributed by atoms with Crippen LogP contribution >= 0.6 is 0 Å². The van der Waals surface area contributed by atoms with Gasteiger partial charge < -0.3 is 10.3 Å². The average molecular weight is 237 g/mol. The molecular formula is C15H15N3. The minimum Gasteiger partial charge on any atom is -0.341 e. The van der Waals surface area contributed by atoms with Crippen LogP contribution < -0.4 is 5.32 Å². The highest BCUT2D eigenvalue weighted by Gasteiger charge is 2.19. The molecule has 0 radical (unpaired) electrons. The molecule has 3 nitrogen and oxygen atoms in total. The Kier molecular flexibility index (Phi) is 2.87. The fraction of sp³-hybridized carbons (Fsp3) is 0.267. The standard InChI is InChI=1S/C15H15N3/c1-2-11-5-7-12(8-6-11)14-10-17-15(18-14)13-4-3-9-16-13/h1,5-8,10,13,16H,3-4,9H2,(H,17,18). The van der Waals surface area contributed by atoms with Crippen LogP contribution in [0.1, 0.15) is 30.3 Å². The first kappa shape index (κ1) is 11.1. The Morgan fingerprint density at radius 3 is 2.78 bits per heavy atom. The van der Waals surface area contributed by atoms with E-state index >= 15 is 0 Å². The van der Waals surface area contributed by atoms with E-state index in [0.29, 0.717) is 6.04 Å². The van der Waals surface area contributed by atoms with Crippen molar-refractivity contribution >= 4 is 0 Å². The van der Waals surface area contributed by atoms with Gasteiger partial charge in [-0.2, -0.15) is 0 Å². The summed E-state index contributed by atoms with van der Waals surface area (Å²) in [4.78, 5) is 7.84. The fourth-order valence-corrected chi connectivity index (χ4v) is 2.32. The first-order chi connectivity index (χ1) is 8.86. The van der Waals surface area contributed by atoms with E-state index in [4.69, 9.17) is 6.42 Å². The topological polar surface area (TPSA) is 40.7 Å². The average Bonchev–Trinajstić information content (AvgIpc) is 3.09. The van der Waals surface area contributed by atoms with Gasteiger partial charge in [0, 0.05) is 5.56 Å². The van der Waals surface area contributed by atoms with Crippen molar-refractivity contribution in [3.63, 3.8) is 0 Å². The summed E-state index contributed by atoms with van der Waals surface area (Å²) in [6.07, 6.45) is 9.61. The number of aromatic nitrogens is 2.